The van der Waals surface area contributed by atoms with Crippen LogP contribution in [0.1, 0.15) is 12.0 Å². The Hall–Kier alpha value is -3.56. The van der Waals surface area contributed by atoms with E-state index in [4.69, 9.17) is 0 Å². The normalized spacial score (nSPS) is 11.5. The molecule has 0 spiro atoms. The molecule has 3 aromatic rings. The van der Waals surface area contributed by atoms with Crippen LogP contribution in [0.2, 0.25) is 0 Å². The summed E-state index contributed by atoms with van der Waals surface area (Å²) in [4.78, 5) is 38.5. The molecule has 0 bridgehead atoms. The van der Waals surface area contributed by atoms with E-state index < -0.39 is 28.8 Å². The van der Waals surface area contributed by atoms with Crippen LogP contribution >= 0.6 is 0 Å². The Labute approximate surface area is 168 Å². The molecule has 7 nitrogen and oxygen atoms in total. The third kappa shape index (κ3) is 4.37. The van der Waals surface area contributed by atoms with Gasteiger partial charge in [0, 0.05) is 20.5 Å². The van der Waals surface area contributed by atoms with Crippen molar-refractivity contribution in [3.8, 4) is 0 Å². The number of benzene rings is 2. The van der Waals surface area contributed by atoms with Crippen molar-refractivity contribution in [2.75, 3.05) is 24.3 Å². The maximum Gasteiger partial charge on any atom is 0.416 e. The van der Waals surface area contributed by atoms with E-state index in [-0.39, 0.29) is 29.4 Å². The van der Waals surface area contributed by atoms with E-state index in [1.165, 1.54) is 18.2 Å². The van der Waals surface area contributed by atoms with Crippen molar-refractivity contribution in [2.24, 2.45) is 0 Å². The van der Waals surface area contributed by atoms with E-state index in [1.54, 1.807) is 31.1 Å². The Morgan fingerprint density at radius 2 is 1.77 bits per heavy atom. The molecule has 0 radical (unpaired) electrons. The van der Waals surface area contributed by atoms with Crippen LogP contribution in [0.25, 0.3) is 10.8 Å². The number of anilines is 2. The van der Waals surface area contributed by atoms with Crippen molar-refractivity contribution in [1.82, 2.24) is 9.78 Å². The number of aromatic amines is 1. The highest BCUT2D eigenvalue weighted by Crippen LogP contribution is 2.34. The average Bonchev–Trinajstić information content (AvgIpc) is 2.68. The first-order chi connectivity index (χ1) is 14.1. The molecule has 1 heterocycles. The lowest BCUT2D eigenvalue weighted by Gasteiger charge is -2.20. The van der Waals surface area contributed by atoms with Crippen molar-refractivity contribution in [3.63, 3.8) is 0 Å². The molecular weight excluding hydrogens is 401 g/mol. The zero-order chi connectivity index (χ0) is 22.1. The fraction of sp³-hybridized carbons (Fsp3) is 0.250. The number of aromatic nitrogens is 2. The van der Waals surface area contributed by atoms with E-state index in [0.29, 0.717) is 5.69 Å². The van der Waals surface area contributed by atoms with Crippen molar-refractivity contribution in [2.45, 2.75) is 19.1 Å². The molecule has 1 aromatic heterocycles. The highest BCUT2D eigenvalue weighted by atomic mass is 19.4. The quantitative estimate of drug-likeness (QED) is 0.665. The second-order valence-electron chi connectivity index (χ2n) is 6.87. The van der Waals surface area contributed by atoms with E-state index in [0.717, 1.165) is 16.8 Å². The van der Waals surface area contributed by atoms with Crippen molar-refractivity contribution in [3.05, 3.63) is 68.7 Å². The smallest absolute Gasteiger partial charge is 0.376 e. The predicted octanol–water partition coefficient (Wildman–Crippen LogP) is 2.80. The summed E-state index contributed by atoms with van der Waals surface area (Å²) in [7, 11) is 3.27. The van der Waals surface area contributed by atoms with E-state index >= 15 is 0 Å². The molecule has 1 amide bonds. The molecule has 0 saturated heterocycles. The van der Waals surface area contributed by atoms with Gasteiger partial charge in [0.25, 0.3) is 11.1 Å². The molecule has 0 aliphatic heterocycles. The molecule has 0 saturated carbocycles. The standard InChI is InChI=1S/C20H19F3N4O3/c1-26(2)16-8-7-12(20(21,22)23)11-15(16)24-17(28)9-10-27-19(30)14-6-4-3-5-13(14)18(29)25-27/h3-8,11H,9-10H2,1-2H3,(H,24,28)(H,25,29). The molecule has 158 valence electrons. The van der Waals surface area contributed by atoms with Gasteiger partial charge in [-0.3, -0.25) is 19.5 Å². The van der Waals surface area contributed by atoms with Crippen LogP contribution in [0.3, 0.4) is 0 Å². The first kappa shape index (κ1) is 21.2. The maximum absolute atomic E-state index is 13.0. The predicted molar refractivity (Wildman–Crippen MR) is 108 cm³/mol. The van der Waals surface area contributed by atoms with Gasteiger partial charge in [0.2, 0.25) is 5.91 Å². The highest BCUT2D eigenvalue weighted by molar-refractivity contribution is 5.94. The molecule has 3 rings (SSSR count). The molecule has 0 fully saturated rings. The zero-order valence-electron chi connectivity index (χ0n) is 16.2. The Morgan fingerprint density at radius 3 is 2.40 bits per heavy atom. The number of rotatable bonds is 5. The van der Waals surface area contributed by atoms with Gasteiger partial charge in [0.05, 0.1) is 34.3 Å². The van der Waals surface area contributed by atoms with Gasteiger partial charge in [0.15, 0.2) is 0 Å². The fourth-order valence-electron chi connectivity index (χ4n) is 3.03. The topological polar surface area (TPSA) is 87.2 Å². The van der Waals surface area contributed by atoms with E-state index in [1.807, 2.05) is 0 Å². The first-order valence-corrected chi connectivity index (χ1v) is 8.98. The van der Waals surface area contributed by atoms with Gasteiger partial charge in [0.1, 0.15) is 0 Å². The largest absolute Gasteiger partial charge is 0.416 e. The second kappa shape index (κ2) is 8.05. The molecular formula is C20H19F3N4O3. The number of hydrogen-bond acceptors (Lipinski definition) is 4. The van der Waals surface area contributed by atoms with Crippen molar-refractivity contribution < 1.29 is 18.0 Å². The lowest BCUT2D eigenvalue weighted by atomic mass is 10.1. The highest BCUT2D eigenvalue weighted by Gasteiger charge is 2.31. The summed E-state index contributed by atoms with van der Waals surface area (Å²) >= 11 is 0. The molecule has 10 heteroatoms. The number of aryl methyl sites for hydroxylation is 1. The van der Waals surface area contributed by atoms with E-state index in [9.17, 15) is 27.6 Å². The van der Waals surface area contributed by atoms with Crippen LogP contribution in [0.4, 0.5) is 24.5 Å². The minimum absolute atomic E-state index is 0.000762. The number of amides is 1. The number of halogens is 3. The number of fused-ring (bicyclic) bond motifs is 1. The molecule has 0 aliphatic rings. The summed E-state index contributed by atoms with van der Waals surface area (Å²) in [5.41, 5.74) is -1.44. The summed E-state index contributed by atoms with van der Waals surface area (Å²) in [6.07, 6.45) is -4.78. The number of H-pyrrole nitrogens is 1. The summed E-state index contributed by atoms with van der Waals surface area (Å²) < 4.78 is 40.1. The van der Waals surface area contributed by atoms with Crippen LogP contribution in [0.15, 0.2) is 52.1 Å². The summed E-state index contributed by atoms with van der Waals surface area (Å²) in [5.74, 6) is -0.599. The van der Waals surface area contributed by atoms with Crippen molar-refractivity contribution >= 4 is 28.1 Å². The molecule has 0 atom stereocenters. The number of alkyl halides is 3. The van der Waals surface area contributed by atoms with Gasteiger partial charge in [-0.05, 0) is 30.3 Å². The molecule has 2 aromatic carbocycles. The number of hydrogen-bond donors (Lipinski definition) is 2. The minimum Gasteiger partial charge on any atom is -0.376 e. The fourth-order valence-corrected chi connectivity index (χ4v) is 3.03. The van der Waals surface area contributed by atoms with Crippen LogP contribution in [0, 0.1) is 0 Å². The van der Waals surface area contributed by atoms with Gasteiger partial charge in [-0.2, -0.15) is 13.2 Å². The average molecular weight is 420 g/mol. The van der Waals surface area contributed by atoms with Crippen LogP contribution in [-0.2, 0) is 17.5 Å². The van der Waals surface area contributed by atoms with Crippen molar-refractivity contribution in [1.29, 1.82) is 0 Å². The lowest BCUT2D eigenvalue weighted by molar-refractivity contribution is -0.137. The van der Waals surface area contributed by atoms with Gasteiger partial charge in [-0.1, -0.05) is 12.1 Å². The number of carbonyl (C=O) groups is 1. The minimum atomic E-state index is -4.55. The monoisotopic (exact) mass is 420 g/mol. The lowest BCUT2D eigenvalue weighted by Crippen LogP contribution is -2.31. The van der Waals surface area contributed by atoms with Gasteiger partial charge in [-0.25, -0.2) is 4.68 Å². The Bertz CT molecular complexity index is 1210. The molecule has 0 unspecified atom stereocenters. The van der Waals surface area contributed by atoms with Crippen LogP contribution in [-0.4, -0.2) is 29.8 Å². The Morgan fingerprint density at radius 1 is 1.10 bits per heavy atom. The molecule has 0 aliphatic carbocycles. The van der Waals surface area contributed by atoms with E-state index in [2.05, 4.69) is 10.4 Å². The molecule has 2 N–H and O–H groups in total. The first-order valence-electron chi connectivity index (χ1n) is 8.98. The zero-order valence-corrected chi connectivity index (χ0v) is 16.2. The third-order valence-electron chi connectivity index (χ3n) is 4.53. The third-order valence-corrected chi connectivity index (χ3v) is 4.53. The summed E-state index contributed by atoms with van der Waals surface area (Å²) in [6.45, 7) is -0.138. The van der Waals surface area contributed by atoms with Gasteiger partial charge < -0.3 is 10.2 Å². The number of nitrogens with zero attached hydrogens (tertiary/aromatic N) is 2. The number of nitrogens with one attached hydrogen (secondary N) is 2. The molecule has 30 heavy (non-hydrogen) atoms. The maximum atomic E-state index is 13.0. The SMILES string of the molecule is CN(C)c1ccc(C(F)(F)F)cc1NC(=O)CCn1[nH]c(=O)c2ccccc2c1=O. The summed E-state index contributed by atoms with van der Waals surface area (Å²) in [5, 5.41) is 5.32. The van der Waals surface area contributed by atoms with Crippen LogP contribution in [0.5, 0.6) is 0 Å². The number of carbonyl (C=O) groups excluding carboxylic acids is 1. The van der Waals surface area contributed by atoms with Gasteiger partial charge >= 0.3 is 6.18 Å². The summed E-state index contributed by atoms with van der Waals surface area (Å²) in [6, 6.07) is 9.34. The Kier molecular flexibility index (Phi) is 5.68. The Balaban J connectivity index is 1.82. The van der Waals surface area contributed by atoms with Crippen LogP contribution < -0.4 is 21.3 Å². The van der Waals surface area contributed by atoms with Gasteiger partial charge in [-0.15, -0.1) is 0 Å². The second-order valence-corrected chi connectivity index (χ2v) is 6.87.